The standard InChI is InChI=1S/C54H47N4O.Pt/c1-52(2,3)38-29-30-55-50(31-38)58-46-24-15-14-21-43(46)44-27-25-39(32-47(44)58)59-40-26-28-45-48(33-40)57-35-56(34-49(57)54(6,7)53(45,4)5)51-41(36-17-10-8-11-18-36)22-16-23-42(51)37-19-12-9-13-20-37;/h8-31,34-35H,1-7H3;/q-3;. The van der Waals surface area contributed by atoms with Gasteiger partial charge in [0.15, 0.2) is 0 Å². The first-order valence-electron chi connectivity index (χ1n) is 20.5. The first kappa shape index (κ1) is 39.6. The van der Waals surface area contributed by atoms with E-state index < -0.39 is 0 Å². The van der Waals surface area contributed by atoms with Gasteiger partial charge in [0.2, 0.25) is 0 Å². The molecule has 6 aromatic carbocycles. The van der Waals surface area contributed by atoms with Gasteiger partial charge in [-0.15, -0.1) is 41.9 Å². The molecule has 0 radical (unpaired) electrons. The average molecular weight is 963 g/mol. The van der Waals surface area contributed by atoms with E-state index in [2.05, 4.69) is 221 Å². The molecule has 0 saturated heterocycles. The minimum Gasteiger partial charge on any atom is -0.509 e. The Morgan fingerprint density at radius 2 is 1.28 bits per heavy atom. The fraction of sp³-hybridized carbons (Fsp3) is 0.185. The molecule has 0 bridgehead atoms. The van der Waals surface area contributed by atoms with E-state index in [0.717, 1.165) is 39.0 Å². The van der Waals surface area contributed by atoms with Crippen molar-refractivity contribution in [3.63, 3.8) is 0 Å². The van der Waals surface area contributed by atoms with E-state index >= 15 is 0 Å². The van der Waals surface area contributed by atoms with Crippen molar-refractivity contribution in [1.29, 1.82) is 0 Å². The fourth-order valence-corrected chi connectivity index (χ4v) is 8.87. The van der Waals surface area contributed by atoms with Crippen LogP contribution < -0.4 is 14.5 Å². The number of hydrogen-bond acceptors (Lipinski definition) is 4. The van der Waals surface area contributed by atoms with E-state index in [1.54, 1.807) is 0 Å². The number of anilines is 2. The maximum atomic E-state index is 6.73. The Morgan fingerprint density at radius 1 is 0.650 bits per heavy atom. The van der Waals surface area contributed by atoms with Crippen LogP contribution in [0, 0.1) is 24.2 Å². The van der Waals surface area contributed by atoms with Crippen LogP contribution >= 0.6 is 0 Å². The second-order valence-electron chi connectivity index (χ2n) is 17.9. The molecule has 0 atom stereocenters. The van der Waals surface area contributed by atoms with Gasteiger partial charge >= 0.3 is 0 Å². The molecule has 0 saturated carbocycles. The summed E-state index contributed by atoms with van der Waals surface area (Å²) in [6, 6.07) is 56.6. The van der Waals surface area contributed by atoms with Gasteiger partial charge in [-0.3, -0.25) is 0 Å². The van der Waals surface area contributed by atoms with Crippen LogP contribution in [0.4, 0.5) is 11.4 Å². The summed E-state index contributed by atoms with van der Waals surface area (Å²) in [7, 11) is 0. The summed E-state index contributed by atoms with van der Waals surface area (Å²) in [4.78, 5) is 9.50. The molecular formula is C54H47N4OPt-3. The summed E-state index contributed by atoms with van der Waals surface area (Å²) < 4.78 is 8.94. The third-order valence-corrected chi connectivity index (χ3v) is 12.9. The molecule has 0 spiro atoms. The Morgan fingerprint density at radius 3 is 1.97 bits per heavy atom. The van der Waals surface area contributed by atoms with E-state index in [1.807, 2.05) is 12.3 Å². The first-order valence-corrected chi connectivity index (χ1v) is 20.5. The Balaban J connectivity index is 0.00000462. The van der Waals surface area contributed by atoms with Gasteiger partial charge in [-0.05, 0) is 57.3 Å². The van der Waals surface area contributed by atoms with Crippen LogP contribution in [0.1, 0.15) is 59.6 Å². The van der Waals surface area contributed by atoms with Gasteiger partial charge in [-0.1, -0.05) is 157 Å². The Labute approximate surface area is 368 Å². The topological polar surface area (TPSA) is 33.5 Å². The van der Waals surface area contributed by atoms with Crippen LogP contribution in [-0.2, 0) is 31.9 Å². The first-order chi connectivity index (χ1) is 28.4. The molecule has 6 heteroatoms. The number of ether oxygens (including phenoxy) is 1. The van der Waals surface area contributed by atoms with Crippen LogP contribution in [0.5, 0.6) is 11.5 Å². The number of benzene rings is 6. The van der Waals surface area contributed by atoms with E-state index in [4.69, 9.17) is 9.72 Å². The molecule has 302 valence electrons. The van der Waals surface area contributed by atoms with E-state index in [0.29, 0.717) is 11.5 Å². The molecule has 8 aromatic rings. The molecule has 2 aromatic heterocycles. The van der Waals surface area contributed by atoms with Crippen molar-refractivity contribution >= 4 is 33.2 Å². The predicted molar refractivity (Wildman–Crippen MR) is 243 cm³/mol. The third kappa shape index (κ3) is 6.37. The van der Waals surface area contributed by atoms with Crippen molar-refractivity contribution in [3.8, 4) is 39.6 Å². The monoisotopic (exact) mass is 962 g/mol. The van der Waals surface area contributed by atoms with Crippen molar-refractivity contribution < 1.29 is 25.8 Å². The van der Waals surface area contributed by atoms with Gasteiger partial charge in [-0.2, -0.15) is 12.1 Å². The van der Waals surface area contributed by atoms with Gasteiger partial charge in [-0.25, -0.2) is 4.98 Å². The molecule has 5 nitrogen and oxygen atoms in total. The Kier molecular flexibility index (Phi) is 9.67. The van der Waals surface area contributed by atoms with Crippen molar-refractivity contribution in [3.05, 3.63) is 188 Å². The maximum Gasteiger partial charge on any atom is 0.135 e. The Bertz CT molecular complexity index is 2880. The predicted octanol–water partition coefficient (Wildman–Crippen LogP) is 13.8. The Hall–Kier alpha value is -5.90. The second-order valence-corrected chi connectivity index (χ2v) is 17.9. The van der Waals surface area contributed by atoms with Crippen molar-refractivity contribution in [2.45, 2.75) is 59.3 Å². The molecule has 0 amide bonds. The number of aromatic nitrogens is 2. The van der Waals surface area contributed by atoms with Crippen LogP contribution in [0.2, 0.25) is 0 Å². The van der Waals surface area contributed by atoms with Crippen molar-refractivity contribution in [1.82, 2.24) is 9.55 Å². The molecule has 2 aliphatic heterocycles. The number of pyridine rings is 1. The number of fused-ring (bicyclic) bond motifs is 6. The summed E-state index contributed by atoms with van der Waals surface area (Å²) >= 11 is 0. The fourth-order valence-electron chi connectivity index (χ4n) is 8.87. The third-order valence-electron chi connectivity index (χ3n) is 12.9. The van der Waals surface area contributed by atoms with E-state index in [1.165, 1.54) is 39.1 Å². The van der Waals surface area contributed by atoms with Crippen molar-refractivity contribution in [2.75, 3.05) is 9.80 Å². The normalized spacial score (nSPS) is 15.3. The number of rotatable bonds is 6. The smallest absolute Gasteiger partial charge is 0.135 e. The van der Waals surface area contributed by atoms with Gasteiger partial charge in [0, 0.05) is 72.2 Å². The van der Waals surface area contributed by atoms with Gasteiger partial charge in [0.05, 0.1) is 0 Å². The van der Waals surface area contributed by atoms with Crippen LogP contribution in [0.25, 0.3) is 49.9 Å². The summed E-state index contributed by atoms with van der Waals surface area (Å²) in [6.07, 6.45) is 4.23. The zero-order chi connectivity index (χ0) is 40.7. The summed E-state index contributed by atoms with van der Waals surface area (Å²) in [5, 5.41) is 2.25. The zero-order valence-electron chi connectivity index (χ0n) is 35.0. The molecule has 60 heavy (non-hydrogen) atoms. The zero-order valence-corrected chi connectivity index (χ0v) is 37.3. The number of para-hydroxylation sites is 2. The van der Waals surface area contributed by atoms with Crippen LogP contribution in [0.15, 0.2) is 158 Å². The summed E-state index contributed by atoms with van der Waals surface area (Å²) in [6.45, 7) is 18.3. The summed E-state index contributed by atoms with van der Waals surface area (Å²) in [5.74, 6) is 2.11. The quantitative estimate of drug-likeness (QED) is 0.156. The van der Waals surface area contributed by atoms with E-state index in [-0.39, 0.29) is 37.3 Å². The number of allylic oxidation sites excluding steroid dienone is 1. The van der Waals surface area contributed by atoms with Crippen molar-refractivity contribution in [2.24, 2.45) is 5.41 Å². The van der Waals surface area contributed by atoms with Gasteiger partial charge < -0.3 is 19.1 Å². The van der Waals surface area contributed by atoms with Crippen LogP contribution in [-0.4, -0.2) is 9.55 Å². The maximum absolute atomic E-state index is 6.73. The molecule has 0 unspecified atom stereocenters. The molecule has 2 aliphatic rings. The minimum absolute atomic E-state index is 0. The second kappa shape index (κ2) is 14.7. The van der Waals surface area contributed by atoms with Gasteiger partial charge in [0.1, 0.15) is 5.82 Å². The SMILES string of the molecule is CC(C)(C)c1ccnc(-n2c3[c-]c(Oc4[c-]c5c(cc4)C(C)(C)C(C)(C)C4=CN(c6c(-c7ccccc7)cccc6-c6ccccc6)[CH-]N45)ccc3c3ccccc32)c1.[Pt]. The molecule has 10 rings (SSSR count). The van der Waals surface area contributed by atoms with E-state index in [9.17, 15) is 0 Å². The average Bonchev–Trinajstić information content (AvgIpc) is 3.84. The number of nitrogens with zero attached hydrogens (tertiary/aromatic N) is 4. The minimum atomic E-state index is -0.222. The molecule has 0 aliphatic carbocycles. The number of hydrogen-bond donors (Lipinski definition) is 0. The largest absolute Gasteiger partial charge is 0.509 e. The van der Waals surface area contributed by atoms with Gasteiger partial charge in [0.25, 0.3) is 0 Å². The molecule has 0 fully saturated rings. The molecular weight excluding hydrogens is 916 g/mol. The molecule has 0 N–H and O–H groups in total. The van der Waals surface area contributed by atoms with Crippen LogP contribution in [0.3, 0.4) is 0 Å². The molecule has 4 heterocycles. The summed E-state index contributed by atoms with van der Waals surface area (Å²) in [5.41, 5.74) is 12.0.